The SMILES string of the molecule is O=S(O)OCC1Cc2cccc3cccc1c23. The fraction of sp³-hybridized carbons (Fsp3) is 0.231. The lowest BCUT2D eigenvalue weighted by Crippen LogP contribution is -2.08. The standard InChI is InChI=1S/C13H12O3S/c14-17(15)16-8-11-7-10-5-1-3-9-4-2-6-12(11)13(9)10/h1-6,11H,7-8H2,(H,14,15). The molecule has 2 aromatic carbocycles. The van der Waals surface area contributed by atoms with E-state index in [1.165, 1.54) is 21.9 Å². The second kappa shape index (κ2) is 4.22. The van der Waals surface area contributed by atoms with Gasteiger partial charge in [0, 0.05) is 5.92 Å². The highest BCUT2D eigenvalue weighted by atomic mass is 32.2. The van der Waals surface area contributed by atoms with E-state index in [-0.39, 0.29) is 12.5 Å². The van der Waals surface area contributed by atoms with E-state index in [1.54, 1.807) is 0 Å². The summed E-state index contributed by atoms with van der Waals surface area (Å²) in [7, 11) is 0. The van der Waals surface area contributed by atoms with Crippen molar-refractivity contribution >= 4 is 22.1 Å². The van der Waals surface area contributed by atoms with Gasteiger partial charge in [0.15, 0.2) is 0 Å². The summed E-state index contributed by atoms with van der Waals surface area (Å²) in [6.07, 6.45) is 0.883. The molecule has 0 bridgehead atoms. The van der Waals surface area contributed by atoms with Crippen LogP contribution in [0.3, 0.4) is 0 Å². The third kappa shape index (κ3) is 1.88. The van der Waals surface area contributed by atoms with Crippen molar-refractivity contribution in [1.82, 2.24) is 0 Å². The molecule has 0 aliphatic heterocycles. The summed E-state index contributed by atoms with van der Waals surface area (Å²) in [5.41, 5.74) is 2.53. The Balaban J connectivity index is 2.01. The van der Waals surface area contributed by atoms with Crippen molar-refractivity contribution in [2.24, 2.45) is 0 Å². The highest BCUT2D eigenvalue weighted by Crippen LogP contribution is 2.38. The monoisotopic (exact) mass is 248 g/mol. The molecule has 2 unspecified atom stereocenters. The lowest BCUT2D eigenvalue weighted by molar-refractivity contribution is 0.284. The Kier molecular flexibility index (Phi) is 2.70. The van der Waals surface area contributed by atoms with E-state index < -0.39 is 11.4 Å². The average molecular weight is 248 g/mol. The van der Waals surface area contributed by atoms with Crippen molar-refractivity contribution in [3.63, 3.8) is 0 Å². The maximum atomic E-state index is 10.6. The summed E-state index contributed by atoms with van der Waals surface area (Å²) in [5.74, 6) is 0.187. The van der Waals surface area contributed by atoms with E-state index in [0.29, 0.717) is 0 Å². The molecule has 0 radical (unpaired) electrons. The molecule has 2 atom stereocenters. The van der Waals surface area contributed by atoms with Crippen molar-refractivity contribution in [2.45, 2.75) is 12.3 Å². The van der Waals surface area contributed by atoms with E-state index >= 15 is 0 Å². The first kappa shape index (κ1) is 10.9. The predicted octanol–water partition coefficient (Wildman–Crippen LogP) is 2.63. The zero-order valence-corrected chi connectivity index (χ0v) is 9.94. The Morgan fingerprint density at radius 3 is 2.82 bits per heavy atom. The number of benzene rings is 2. The predicted molar refractivity (Wildman–Crippen MR) is 67.1 cm³/mol. The third-order valence-electron chi connectivity index (χ3n) is 3.30. The Bertz CT molecular complexity index is 589. The summed E-state index contributed by atoms with van der Waals surface area (Å²) >= 11 is -2.18. The van der Waals surface area contributed by atoms with Crippen LogP contribution in [0.5, 0.6) is 0 Å². The van der Waals surface area contributed by atoms with Crippen molar-refractivity contribution in [3.05, 3.63) is 47.5 Å². The van der Waals surface area contributed by atoms with E-state index in [0.717, 1.165) is 6.42 Å². The van der Waals surface area contributed by atoms with Gasteiger partial charge in [-0.05, 0) is 28.3 Å². The molecule has 2 aromatic rings. The molecule has 0 aromatic heterocycles. The van der Waals surface area contributed by atoms with Crippen LogP contribution in [0.1, 0.15) is 17.0 Å². The molecule has 0 heterocycles. The molecule has 0 saturated carbocycles. The summed E-state index contributed by atoms with van der Waals surface area (Å²) in [5, 5.41) is 2.51. The van der Waals surface area contributed by atoms with Crippen LogP contribution in [0.15, 0.2) is 36.4 Å². The topological polar surface area (TPSA) is 46.5 Å². The zero-order valence-electron chi connectivity index (χ0n) is 9.13. The summed E-state index contributed by atoms with van der Waals surface area (Å²) in [6, 6.07) is 12.4. The van der Waals surface area contributed by atoms with Gasteiger partial charge in [-0.3, -0.25) is 8.74 Å². The quantitative estimate of drug-likeness (QED) is 0.849. The zero-order chi connectivity index (χ0) is 11.8. The minimum absolute atomic E-state index is 0.187. The molecule has 1 aliphatic carbocycles. The van der Waals surface area contributed by atoms with Crippen LogP contribution in [0.2, 0.25) is 0 Å². The summed E-state index contributed by atoms with van der Waals surface area (Å²) < 4.78 is 24.0. The normalized spacial score (nSPS) is 19.7. The van der Waals surface area contributed by atoms with Crippen molar-refractivity contribution < 1.29 is 12.9 Å². The van der Waals surface area contributed by atoms with Gasteiger partial charge in [0.1, 0.15) is 0 Å². The second-order valence-electron chi connectivity index (χ2n) is 4.27. The molecular weight excluding hydrogens is 236 g/mol. The summed E-state index contributed by atoms with van der Waals surface area (Å²) in [4.78, 5) is 0. The van der Waals surface area contributed by atoms with Crippen molar-refractivity contribution in [3.8, 4) is 0 Å². The number of rotatable bonds is 3. The first-order chi connectivity index (χ1) is 8.25. The third-order valence-corrected chi connectivity index (χ3v) is 3.64. The van der Waals surface area contributed by atoms with Crippen LogP contribution in [-0.4, -0.2) is 15.4 Å². The molecule has 88 valence electrons. The first-order valence-electron chi connectivity index (χ1n) is 5.50. The van der Waals surface area contributed by atoms with Gasteiger partial charge in [-0.25, -0.2) is 0 Å². The molecule has 1 aliphatic rings. The van der Waals surface area contributed by atoms with Gasteiger partial charge >= 0.3 is 11.4 Å². The molecule has 0 spiro atoms. The molecule has 17 heavy (non-hydrogen) atoms. The van der Waals surface area contributed by atoms with Crippen molar-refractivity contribution in [1.29, 1.82) is 0 Å². The van der Waals surface area contributed by atoms with Crippen LogP contribution in [-0.2, 0) is 22.0 Å². The van der Waals surface area contributed by atoms with Crippen LogP contribution in [0, 0.1) is 0 Å². The molecule has 0 amide bonds. The molecule has 3 rings (SSSR count). The molecule has 0 saturated heterocycles. The van der Waals surface area contributed by atoms with Gasteiger partial charge in [-0.1, -0.05) is 36.4 Å². The minimum Gasteiger partial charge on any atom is -0.284 e. The van der Waals surface area contributed by atoms with Crippen LogP contribution in [0.25, 0.3) is 10.8 Å². The van der Waals surface area contributed by atoms with Crippen LogP contribution >= 0.6 is 0 Å². The Morgan fingerprint density at radius 2 is 2.06 bits per heavy atom. The molecule has 1 N–H and O–H groups in total. The van der Waals surface area contributed by atoms with Crippen molar-refractivity contribution in [2.75, 3.05) is 6.61 Å². The van der Waals surface area contributed by atoms with Gasteiger partial charge < -0.3 is 0 Å². The Morgan fingerprint density at radius 1 is 1.29 bits per heavy atom. The first-order valence-corrected chi connectivity index (χ1v) is 6.53. The number of hydrogen-bond donors (Lipinski definition) is 1. The average Bonchev–Trinajstić information content (AvgIpc) is 2.68. The molecular formula is C13H12O3S. The lowest BCUT2D eigenvalue weighted by atomic mass is 10.0. The van der Waals surface area contributed by atoms with Gasteiger partial charge in [0.2, 0.25) is 0 Å². The van der Waals surface area contributed by atoms with Gasteiger partial charge in [0.05, 0.1) is 6.61 Å². The number of hydrogen-bond acceptors (Lipinski definition) is 2. The minimum atomic E-state index is -2.18. The second-order valence-corrected chi connectivity index (χ2v) is 4.94. The van der Waals surface area contributed by atoms with Gasteiger partial charge in [0.25, 0.3) is 0 Å². The fourth-order valence-electron chi connectivity index (χ4n) is 2.62. The fourth-order valence-corrected chi connectivity index (χ4v) is 2.91. The van der Waals surface area contributed by atoms with Crippen LogP contribution < -0.4 is 0 Å². The van der Waals surface area contributed by atoms with Gasteiger partial charge in [-0.2, -0.15) is 4.21 Å². The maximum absolute atomic E-state index is 10.6. The maximum Gasteiger partial charge on any atom is 0.301 e. The van der Waals surface area contributed by atoms with E-state index in [4.69, 9.17) is 8.74 Å². The van der Waals surface area contributed by atoms with E-state index in [1.807, 2.05) is 6.07 Å². The highest BCUT2D eigenvalue weighted by molar-refractivity contribution is 7.74. The molecule has 0 fully saturated rings. The summed E-state index contributed by atoms with van der Waals surface area (Å²) in [6.45, 7) is 0.289. The lowest BCUT2D eigenvalue weighted by Gasteiger charge is -2.09. The Hall–Kier alpha value is -1.23. The molecule has 3 nitrogen and oxygen atoms in total. The van der Waals surface area contributed by atoms with Crippen LogP contribution in [0.4, 0.5) is 0 Å². The van der Waals surface area contributed by atoms with E-state index in [2.05, 4.69) is 30.3 Å². The highest BCUT2D eigenvalue weighted by Gasteiger charge is 2.24. The van der Waals surface area contributed by atoms with E-state index in [9.17, 15) is 4.21 Å². The largest absolute Gasteiger partial charge is 0.301 e. The smallest absolute Gasteiger partial charge is 0.284 e. The Labute approximate surface area is 102 Å². The molecule has 4 heteroatoms. The van der Waals surface area contributed by atoms with Gasteiger partial charge in [-0.15, -0.1) is 0 Å².